The molecule has 2 aliphatic heterocycles. The molecule has 0 bridgehead atoms. The SMILES string of the molecule is c1ccc(-c2cc(-c3ccc(-c4nc5ccccc5c5cc6c(cc45)C4(c5ccccc5-c5ccccc54)c4ccccc4N6c4ccccc4)cc3)nc(-c3ccccc3)n2)cc1.c1ccc(-c2nc(-c3ccccc3)nc(-c3ccc(-c4nc5ccccc5c5cc6c(cc45)C4(c5ccccc5-c5ccccc54)c4ccccc4N6c4ccccc4)cc3)n2)cc1. The number of aromatic nitrogens is 7. The van der Waals surface area contributed by atoms with Crippen molar-refractivity contribution in [3.63, 3.8) is 0 Å². The molecular weight excluding hydrogens is 1560 g/mol. The Kier molecular flexibility index (Phi) is 17.2. The van der Waals surface area contributed by atoms with E-state index in [2.05, 4.69) is 380 Å². The summed E-state index contributed by atoms with van der Waals surface area (Å²) >= 11 is 0. The fourth-order valence-corrected chi connectivity index (χ4v) is 20.8. The molecule has 6 heterocycles. The average Bonchev–Trinajstić information content (AvgIpc) is 1.57. The lowest BCUT2D eigenvalue weighted by Gasteiger charge is -2.45. The molecule has 18 aromatic carbocycles. The number of hydrogen-bond donors (Lipinski definition) is 0. The van der Waals surface area contributed by atoms with Crippen molar-refractivity contribution in [1.82, 2.24) is 34.9 Å². The number of fused-ring (bicyclic) bond motifs is 24. The highest BCUT2D eigenvalue weighted by Crippen LogP contribution is 2.67. The number of nitrogens with zero attached hydrogens (tertiary/aromatic N) is 9. The molecule has 0 unspecified atom stereocenters. The second-order valence-corrected chi connectivity index (χ2v) is 33.2. The molecule has 9 nitrogen and oxygen atoms in total. The zero-order valence-electron chi connectivity index (χ0n) is 69.3. The second-order valence-electron chi connectivity index (χ2n) is 33.2. The molecule has 0 atom stereocenters. The predicted octanol–water partition coefficient (Wildman–Crippen LogP) is 29.4. The van der Waals surface area contributed by atoms with Crippen molar-refractivity contribution in [3.8, 4) is 113 Å². The van der Waals surface area contributed by atoms with Crippen molar-refractivity contribution in [2.45, 2.75) is 10.8 Å². The van der Waals surface area contributed by atoms with Gasteiger partial charge in [0.15, 0.2) is 23.3 Å². The third kappa shape index (κ3) is 11.6. The number of para-hydroxylation sites is 6. The van der Waals surface area contributed by atoms with Crippen molar-refractivity contribution < 1.29 is 0 Å². The number of anilines is 6. The van der Waals surface area contributed by atoms with Gasteiger partial charge in [0.05, 0.1) is 67.4 Å². The highest BCUT2D eigenvalue weighted by Gasteiger charge is 2.54. The summed E-state index contributed by atoms with van der Waals surface area (Å²) in [6.07, 6.45) is 0. The van der Waals surface area contributed by atoms with Gasteiger partial charge < -0.3 is 9.80 Å². The highest BCUT2D eigenvalue weighted by molar-refractivity contribution is 6.16. The second kappa shape index (κ2) is 29.9. The Morgan fingerprint density at radius 3 is 0.812 bits per heavy atom. The molecule has 4 aliphatic rings. The summed E-state index contributed by atoms with van der Waals surface area (Å²) in [5.74, 6) is 2.58. The van der Waals surface area contributed by atoms with Crippen LogP contribution in [0.5, 0.6) is 0 Å². The normalized spacial score (nSPS) is 13.1. The van der Waals surface area contributed by atoms with Crippen LogP contribution in [0.2, 0.25) is 0 Å². The molecule has 2 spiro atoms. The molecule has 26 rings (SSSR count). The molecule has 596 valence electrons. The Labute approximate surface area is 740 Å². The topological polar surface area (TPSA) is 96.7 Å². The quantitative estimate of drug-likeness (QED) is 0.124. The van der Waals surface area contributed by atoms with E-state index in [0.29, 0.717) is 23.3 Å². The highest BCUT2D eigenvalue weighted by atomic mass is 15.2. The molecule has 0 amide bonds. The van der Waals surface area contributed by atoms with Crippen LogP contribution in [0.25, 0.3) is 156 Å². The largest absolute Gasteiger partial charge is 0.310 e. The molecule has 0 fully saturated rings. The van der Waals surface area contributed by atoms with Crippen LogP contribution < -0.4 is 9.80 Å². The van der Waals surface area contributed by atoms with Gasteiger partial charge >= 0.3 is 0 Å². The van der Waals surface area contributed by atoms with Gasteiger partial charge in [0.25, 0.3) is 0 Å². The van der Waals surface area contributed by atoms with E-state index >= 15 is 0 Å². The maximum absolute atomic E-state index is 5.52. The maximum atomic E-state index is 5.52. The van der Waals surface area contributed by atoms with Crippen LogP contribution >= 0.6 is 0 Å². The first kappa shape index (κ1) is 73.7. The minimum atomic E-state index is -0.586. The lowest BCUT2D eigenvalue weighted by Crippen LogP contribution is -2.36. The zero-order valence-corrected chi connectivity index (χ0v) is 69.3. The van der Waals surface area contributed by atoms with Gasteiger partial charge in [0.2, 0.25) is 0 Å². The Morgan fingerprint density at radius 1 is 0.164 bits per heavy atom. The molecule has 9 heteroatoms. The Hall–Kier alpha value is -17.0. The molecule has 0 saturated heterocycles. The van der Waals surface area contributed by atoms with Crippen molar-refractivity contribution in [2.75, 3.05) is 9.80 Å². The van der Waals surface area contributed by atoms with Crippen molar-refractivity contribution >= 4 is 77.5 Å². The lowest BCUT2D eigenvalue weighted by atomic mass is 9.64. The fourth-order valence-electron chi connectivity index (χ4n) is 20.8. The summed E-state index contributed by atoms with van der Waals surface area (Å²) in [4.78, 5) is 41.1. The van der Waals surface area contributed by atoms with Crippen LogP contribution in [0.4, 0.5) is 34.1 Å². The summed E-state index contributed by atoms with van der Waals surface area (Å²) in [5, 5.41) is 6.75. The molecule has 0 N–H and O–H groups in total. The maximum Gasteiger partial charge on any atom is 0.164 e. The van der Waals surface area contributed by atoms with E-state index in [-0.39, 0.29) is 0 Å². The molecule has 0 radical (unpaired) electrons. The van der Waals surface area contributed by atoms with Gasteiger partial charge in [-0.3, -0.25) is 0 Å². The van der Waals surface area contributed by atoms with Crippen LogP contribution in [-0.4, -0.2) is 34.9 Å². The van der Waals surface area contributed by atoms with E-state index in [1.54, 1.807) is 0 Å². The Bertz CT molecular complexity index is 7490. The van der Waals surface area contributed by atoms with Gasteiger partial charge in [0.1, 0.15) is 0 Å². The van der Waals surface area contributed by atoms with E-state index in [1.165, 1.54) is 78.1 Å². The first-order valence-electron chi connectivity index (χ1n) is 43.6. The standard InChI is InChI=1S/C60H38N4.C59H37N5/c1-4-18-39(19-5-1)54-38-55(63-59(62-54)42-20-6-2-7-21-42)40-32-34-41(35-33-40)58-48-36-52-57(37-47(48)46-26-12-16-30-53(46)61-58)64(43-22-8-3-9-23-43)56-31-17-15-29-51(56)60(52)49-27-13-10-24-44(49)45-25-11-14-28-50(45)60;1-4-18-39(19-5-1)56-61-57(40-20-6-2-7-21-40)63-58(62-56)41-34-32-38(33-35-41)55-47-36-51-54(37-46(47)45-26-12-16-30-52(45)60-55)64(42-22-8-3-9-23-42)53-31-17-15-29-50(53)59(51)48-27-13-10-24-43(48)44-25-11-14-28-49(44)59/h1-38H;1-37H. The van der Waals surface area contributed by atoms with E-state index in [4.69, 9.17) is 34.9 Å². The van der Waals surface area contributed by atoms with Gasteiger partial charge in [-0.2, -0.15) is 0 Å². The molecule has 2 aliphatic carbocycles. The lowest BCUT2D eigenvalue weighted by molar-refractivity contribution is 0.754. The van der Waals surface area contributed by atoms with Crippen molar-refractivity contribution in [2.24, 2.45) is 0 Å². The minimum absolute atomic E-state index is 0.578. The summed E-state index contributed by atoms with van der Waals surface area (Å²) in [6.45, 7) is 0. The van der Waals surface area contributed by atoms with Gasteiger partial charge in [0, 0.05) is 77.4 Å². The summed E-state index contributed by atoms with van der Waals surface area (Å²) in [6, 6.07) is 163. The first-order valence-corrected chi connectivity index (χ1v) is 43.6. The molecule has 128 heavy (non-hydrogen) atoms. The van der Waals surface area contributed by atoms with Crippen LogP contribution in [-0.2, 0) is 10.8 Å². The number of hydrogen-bond acceptors (Lipinski definition) is 9. The Balaban J connectivity index is 0.000000139. The monoisotopic (exact) mass is 1630 g/mol. The number of rotatable bonds is 10. The van der Waals surface area contributed by atoms with Gasteiger partial charge in [-0.25, -0.2) is 34.9 Å². The minimum Gasteiger partial charge on any atom is -0.310 e. The number of pyridine rings is 2. The van der Waals surface area contributed by atoms with Crippen LogP contribution in [0.3, 0.4) is 0 Å². The summed E-state index contributed by atoms with van der Waals surface area (Å²) in [5.41, 5.74) is 34.4. The van der Waals surface area contributed by atoms with Gasteiger partial charge in [-0.15, -0.1) is 0 Å². The van der Waals surface area contributed by atoms with Crippen LogP contribution in [0, 0.1) is 0 Å². The smallest absolute Gasteiger partial charge is 0.164 e. The van der Waals surface area contributed by atoms with E-state index in [0.717, 1.165) is 133 Å². The fraction of sp³-hybridized carbons (Fsp3) is 0.0168. The van der Waals surface area contributed by atoms with Crippen molar-refractivity contribution in [3.05, 3.63) is 499 Å². The summed E-state index contributed by atoms with van der Waals surface area (Å²) < 4.78 is 0. The zero-order chi connectivity index (χ0) is 84.4. The van der Waals surface area contributed by atoms with Crippen LogP contribution in [0.15, 0.2) is 455 Å². The Morgan fingerprint density at radius 2 is 0.438 bits per heavy atom. The third-order valence-electron chi connectivity index (χ3n) is 26.4. The van der Waals surface area contributed by atoms with Gasteiger partial charge in [-0.05, 0) is 156 Å². The molecule has 22 aromatic rings. The summed E-state index contributed by atoms with van der Waals surface area (Å²) in [7, 11) is 0. The van der Waals surface area contributed by atoms with E-state index in [9.17, 15) is 0 Å². The van der Waals surface area contributed by atoms with E-state index in [1.807, 2.05) is 84.9 Å². The van der Waals surface area contributed by atoms with E-state index < -0.39 is 10.8 Å². The van der Waals surface area contributed by atoms with Crippen LogP contribution in [0.1, 0.15) is 44.5 Å². The van der Waals surface area contributed by atoms with Gasteiger partial charge in [-0.1, -0.05) is 376 Å². The third-order valence-corrected chi connectivity index (χ3v) is 26.4. The molecule has 0 saturated carbocycles. The molecular formula is C119H75N9. The first-order chi connectivity index (χ1) is 63.5. The average molecular weight is 1630 g/mol. The number of benzene rings is 18. The predicted molar refractivity (Wildman–Crippen MR) is 522 cm³/mol. The molecule has 4 aromatic heterocycles. The van der Waals surface area contributed by atoms with Crippen molar-refractivity contribution in [1.29, 1.82) is 0 Å².